The number of carbonyl (C=O) groups is 1. The minimum Gasteiger partial charge on any atom is -0.480 e. The van der Waals surface area contributed by atoms with Crippen LogP contribution in [0.5, 0.6) is 0 Å². The molecule has 0 radical (unpaired) electrons. The van der Waals surface area contributed by atoms with Gasteiger partial charge in [0.15, 0.2) is 0 Å². The maximum Gasteiger partial charge on any atom is 0.320 e. The fourth-order valence-electron chi connectivity index (χ4n) is 2.53. The summed E-state index contributed by atoms with van der Waals surface area (Å²) in [5, 5.41) is 13.6. The molecule has 20 heavy (non-hydrogen) atoms. The summed E-state index contributed by atoms with van der Waals surface area (Å²) < 4.78 is 0. The Morgan fingerprint density at radius 2 is 1.70 bits per heavy atom. The van der Waals surface area contributed by atoms with E-state index in [1.807, 2.05) is 30.3 Å². The molecule has 0 bridgehead atoms. The van der Waals surface area contributed by atoms with Gasteiger partial charge in [-0.1, -0.05) is 54.6 Å². The quantitative estimate of drug-likeness (QED) is 0.716. The lowest BCUT2D eigenvalue weighted by molar-refractivity contribution is -0.138. The average molecular weight is 265 g/mol. The van der Waals surface area contributed by atoms with Gasteiger partial charge in [-0.3, -0.25) is 4.79 Å². The number of benzene rings is 3. The van der Waals surface area contributed by atoms with Crippen LogP contribution in [0, 0.1) is 0 Å². The van der Waals surface area contributed by atoms with E-state index in [-0.39, 0.29) is 0 Å². The Balaban J connectivity index is 2.08. The van der Waals surface area contributed by atoms with Crippen molar-refractivity contribution in [3.63, 3.8) is 0 Å². The molecule has 100 valence electrons. The topological polar surface area (TPSA) is 63.3 Å². The lowest BCUT2D eigenvalue weighted by Gasteiger charge is -2.09. The predicted molar refractivity (Wildman–Crippen MR) is 80.8 cm³/mol. The summed E-state index contributed by atoms with van der Waals surface area (Å²) in [6.07, 6.45) is 0.345. The van der Waals surface area contributed by atoms with E-state index < -0.39 is 12.0 Å². The summed E-state index contributed by atoms with van der Waals surface area (Å²) in [5.74, 6) is -0.969. The van der Waals surface area contributed by atoms with E-state index in [9.17, 15) is 4.79 Å². The molecule has 3 heteroatoms. The molecule has 0 aliphatic carbocycles. The molecule has 0 unspecified atom stereocenters. The summed E-state index contributed by atoms with van der Waals surface area (Å²) in [4.78, 5) is 10.8. The normalized spacial score (nSPS) is 12.7. The first-order chi connectivity index (χ1) is 9.65. The third-order valence-corrected chi connectivity index (χ3v) is 3.58. The Labute approximate surface area is 116 Å². The number of nitrogens with two attached hydrogens (primary N) is 1. The molecular weight excluding hydrogens is 250 g/mol. The zero-order valence-electron chi connectivity index (χ0n) is 10.9. The highest BCUT2D eigenvalue weighted by atomic mass is 16.4. The Morgan fingerprint density at radius 1 is 1.00 bits per heavy atom. The summed E-state index contributed by atoms with van der Waals surface area (Å²) in [6.45, 7) is 0. The molecule has 0 saturated carbocycles. The van der Waals surface area contributed by atoms with Gasteiger partial charge in [-0.15, -0.1) is 0 Å². The lowest BCUT2D eigenvalue weighted by Crippen LogP contribution is -2.32. The zero-order valence-corrected chi connectivity index (χ0v) is 10.9. The van der Waals surface area contributed by atoms with Crippen molar-refractivity contribution >= 4 is 27.5 Å². The van der Waals surface area contributed by atoms with Crippen LogP contribution in [0.1, 0.15) is 5.56 Å². The van der Waals surface area contributed by atoms with Gasteiger partial charge in [0, 0.05) is 0 Å². The van der Waals surface area contributed by atoms with Crippen molar-refractivity contribution in [2.24, 2.45) is 5.73 Å². The molecule has 0 fully saturated rings. The lowest BCUT2D eigenvalue weighted by atomic mass is 9.98. The monoisotopic (exact) mass is 265 g/mol. The summed E-state index contributed by atoms with van der Waals surface area (Å²) in [5.41, 5.74) is 6.53. The van der Waals surface area contributed by atoms with E-state index in [1.54, 1.807) is 0 Å². The highest BCUT2D eigenvalue weighted by molar-refractivity contribution is 6.07. The SMILES string of the molecule is N[C@@H](Cc1ccc2c(ccc3ccccc32)c1)C(=O)O. The first-order valence-electron chi connectivity index (χ1n) is 6.54. The Kier molecular flexibility index (Phi) is 3.12. The van der Waals surface area contributed by atoms with Gasteiger partial charge in [-0.25, -0.2) is 0 Å². The summed E-state index contributed by atoms with van der Waals surface area (Å²) >= 11 is 0. The van der Waals surface area contributed by atoms with Gasteiger partial charge in [0.2, 0.25) is 0 Å². The fourth-order valence-corrected chi connectivity index (χ4v) is 2.53. The molecule has 0 heterocycles. The highest BCUT2D eigenvalue weighted by Gasteiger charge is 2.12. The van der Waals surface area contributed by atoms with Gasteiger partial charge in [-0.2, -0.15) is 0 Å². The van der Waals surface area contributed by atoms with Crippen molar-refractivity contribution in [1.29, 1.82) is 0 Å². The van der Waals surface area contributed by atoms with Crippen molar-refractivity contribution < 1.29 is 9.90 Å². The highest BCUT2D eigenvalue weighted by Crippen LogP contribution is 2.26. The number of fused-ring (bicyclic) bond motifs is 3. The van der Waals surface area contributed by atoms with Crippen molar-refractivity contribution in [2.45, 2.75) is 12.5 Å². The standard InChI is InChI=1S/C17H15NO2/c18-16(17(19)20)10-11-5-8-15-13(9-11)7-6-12-3-1-2-4-14(12)15/h1-9,16H,10,18H2,(H,19,20)/t16-/m0/s1. The number of rotatable bonds is 3. The molecule has 0 amide bonds. The Bertz CT molecular complexity index is 795. The van der Waals surface area contributed by atoms with Crippen LogP contribution in [0.2, 0.25) is 0 Å². The van der Waals surface area contributed by atoms with E-state index in [0.717, 1.165) is 10.9 Å². The zero-order chi connectivity index (χ0) is 14.1. The van der Waals surface area contributed by atoms with Crippen LogP contribution < -0.4 is 5.73 Å². The van der Waals surface area contributed by atoms with Crippen molar-refractivity contribution in [2.75, 3.05) is 0 Å². The van der Waals surface area contributed by atoms with Crippen LogP contribution in [0.4, 0.5) is 0 Å². The van der Waals surface area contributed by atoms with Crippen LogP contribution in [0.3, 0.4) is 0 Å². The molecule has 3 aromatic rings. The van der Waals surface area contributed by atoms with Crippen LogP contribution in [0.15, 0.2) is 54.6 Å². The van der Waals surface area contributed by atoms with Crippen molar-refractivity contribution in [1.82, 2.24) is 0 Å². The molecule has 0 spiro atoms. The summed E-state index contributed by atoms with van der Waals surface area (Å²) in [7, 11) is 0. The third kappa shape index (κ3) is 2.24. The molecular formula is C17H15NO2. The first kappa shape index (κ1) is 12.6. The molecule has 3 rings (SSSR count). The van der Waals surface area contributed by atoms with Gasteiger partial charge in [0.05, 0.1) is 0 Å². The number of carboxylic acids is 1. The van der Waals surface area contributed by atoms with Crippen LogP contribution in [-0.4, -0.2) is 17.1 Å². The maximum absolute atomic E-state index is 10.8. The van der Waals surface area contributed by atoms with Gasteiger partial charge >= 0.3 is 5.97 Å². The average Bonchev–Trinajstić information content (AvgIpc) is 2.46. The van der Waals surface area contributed by atoms with Gasteiger partial charge in [0.1, 0.15) is 6.04 Å². The minimum atomic E-state index is -0.969. The number of hydrogen-bond donors (Lipinski definition) is 2. The van der Waals surface area contributed by atoms with E-state index in [4.69, 9.17) is 10.8 Å². The van der Waals surface area contributed by atoms with Crippen molar-refractivity contribution in [3.8, 4) is 0 Å². The van der Waals surface area contributed by atoms with Gasteiger partial charge in [-0.05, 0) is 33.5 Å². The van der Waals surface area contributed by atoms with Gasteiger partial charge in [0.25, 0.3) is 0 Å². The van der Waals surface area contributed by atoms with E-state index in [1.165, 1.54) is 16.2 Å². The fraction of sp³-hybridized carbons (Fsp3) is 0.118. The molecule has 0 aliphatic rings. The maximum atomic E-state index is 10.8. The Hall–Kier alpha value is -2.39. The number of aliphatic carboxylic acids is 1. The van der Waals surface area contributed by atoms with Crippen LogP contribution >= 0.6 is 0 Å². The molecule has 3 N–H and O–H groups in total. The number of hydrogen-bond acceptors (Lipinski definition) is 2. The predicted octanol–water partition coefficient (Wildman–Crippen LogP) is 2.95. The summed E-state index contributed by atoms with van der Waals surface area (Å²) in [6, 6.07) is 17.5. The van der Waals surface area contributed by atoms with Crippen molar-refractivity contribution in [3.05, 3.63) is 60.2 Å². The molecule has 1 atom stereocenters. The first-order valence-corrected chi connectivity index (χ1v) is 6.54. The Morgan fingerprint density at radius 3 is 2.50 bits per heavy atom. The van der Waals surface area contributed by atoms with Crippen LogP contribution in [-0.2, 0) is 11.2 Å². The van der Waals surface area contributed by atoms with Gasteiger partial charge < -0.3 is 10.8 Å². The largest absolute Gasteiger partial charge is 0.480 e. The second-order valence-electron chi connectivity index (χ2n) is 4.99. The molecule has 0 saturated heterocycles. The molecule has 3 aromatic carbocycles. The second-order valence-corrected chi connectivity index (χ2v) is 4.99. The second kappa shape index (κ2) is 4.94. The smallest absolute Gasteiger partial charge is 0.320 e. The van der Waals surface area contributed by atoms with Crippen LogP contribution in [0.25, 0.3) is 21.5 Å². The molecule has 0 aliphatic heterocycles. The van der Waals surface area contributed by atoms with E-state index in [0.29, 0.717) is 6.42 Å². The minimum absolute atomic E-state index is 0.345. The number of carboxylic acid groups (broad SMARTS) is 1. The van der Waals surface area contributed by atoms with E-state index >= 15 is 0 Å². The third-order valence-electron chi connectivity index (χ3n) is 3.58. The molecule has 3 nitrogen and oxygen atoms in total. The molecule has 0 aromatic heterocycles. The van der Waals surface area contributed by atoms with E-state index in [2.05, 4.69) is 24.3 Å².